The molecule has 0 amide bonds. The molecule has 1 aliphatic carbocycles. The van der Waals surface area contributed by atoms with Crippen LogP contribution >= 0.6 is 0 Å². The molecule has 0 aromatic heterocycles. The Morgan fingerprint density at radius 2 is 2.25 bits per heavy atom. The van der Waals surface area contributed by atoms with Gasteiger partial charge in [0.1, 0.15) is 0 Å². The molecular weight excluding hydrogens is 100 g/mol. The summed E-state index contributed by atoms with van der Waals surface area (Å²) in [7, 11) is 0. The van der Waals surface area contributed by atoms with Gasteiger partial charge in [0.15, 0.2) is 0 Å². The van der Waals surface area contributed by atoms with E-state index in [9.17, 15) is 0 Å². The van der Waals surface area contributed by atoms with Crippen LogP contribution in [0.15, 0.2) is 0 Å². The van der Waals surface area contributed by atoms with Crippen LogP contribution in [-0.2, 0) is 0 Å². The predicted octanol–water partition coefficient (Wildman–Crippen LogP) is 1.41. The number of hydrogen-bond donors (Lipinski definition) is 1. The fraction of sp³-hybridized carbons (Fsp3) is 1.00. The van der Waals surface area contributed by atoms with Crippen molar-refractivity contribution in [3.8, 4) is 0 Å². The van der Waals surface area contributed by atoms with E-state index in [-0.39, 0.29) is 0 Å². The molecule has 0 bridgehead atoms. The maximum Gasteiger partial charge on any atom is 0.0433 e. The minimum atomic E-state index is 0.384. The third-order valence-corrected chi connectivity index (χ3v) is 2.30. The number of hydrogen-bond acceptors (Lipinski definition) is 1. The fourth-order valence-corrected chi connectivity index (χ4v) is 1.33. The number of rotatable bonds is 2. The first-order chi connectivity index (χ1) is 3.84. The van der Waals surface area contributed by atoms with Crippen molar-refractivity contribution in [1.29, 1.82) is 0 Å². The van der Waals surface area contributed by atoms with Gasteiger partial charge in [-0.3, -0.25) is 0 Å². The molecule has 0 aromatic rings. The van der Waals surface area contributed by atoms with Gasteiger partial charge in [-0.1, -0.05) is 13.3 Å². The quantitative estimate of drug-likeness (QED) is 0.575. The Kier molecular flexibility index (Phi) is 1.90. The molecule has 0 aromatic carbocycles. The molecule has 1 aliphatic rings. The second kappa shape index (κ2) is 2.49. The van der Waals surface area contributed by atoms with Crippen LogP contribution in [0.4, 0.5) is 0 Å². The summed E-state index contributed by atoms with van der Waals surface area (Å²) < 4.78 is 0. The molecule has 1 fully saturated rings. The fourth-order valence-electron chi connectivity index (χ4n) is 1.33. The largest absolute Gasteiger partial charge is 0.396 e. The van der Waals surface area contributed by atoms with E-state index in [4.69, 9.17) is 5.11 Å². The number of aliphatic hydroxyl groups excluding tert-OH is 1. The SMILES string of the molecule is CC1CCC1CCO. The van der Waals surface area contributed by atoms with Crippen LogP contribution in [0.1, 0.15) is 26.2 Å². The smallest absolute Gasteiger partial charge is 0.0433 e. The van der Waals surface area contributed by atoms with Crippen LogP contribution in [0.3, 0.4) is 0 Å². The summed E-state index contributed by atoms with van der Waals surface area (Å²) in [5, 5.41) is 8.52. The van der Waals surface area contributed by atoms with Gasteiger partial charge in [-0.25, -0.2) is 0 Å². The van der Waals surface area contributed by atoms with Crippen molar-refractivity contribution in [2.45, 2.75) is 26.2 Å². The van der Waals surface area contributed by atoms with E-state index < -0.39 is 0 Å². The standard InChI is InChI=1S/C7H14O/c1-6-2-3-7(6)4-5-8/h6-8H,2-5H2,1H3. The second-order valence-electron chi connectivity index (χ2n) is 2.83. The van der Waals surface area contributed by atoms with Gasteiger partial charge in [0.25, 0.3) is 0 Å². The molecule has 0 heterocycles. The molecule has 1 nitrogen and oxygen atoms in total. The van der Waals surface area contributed by atoms with Crippen molar-refractivity contribution >= 4 is 0 Å². The summed E-state index contributed by atoms with van der Waals surface area (Å²) in [6.45, 7) is 2.65. The Labute approximate surface area is 50.7 Å². The van der Waals surface area contributed by atoms with Crippen molar-refractivity contribution in [1.82, 2.24) is 0 Å². The Bertz CT molecular complexity index is 70.8. The average Bonchev–Trinajstić information content (AvgIpc) is 1.79. The van der Waals surface area contributed by atoms with Gasteiger partial charge >= 0.3 is 0 Å². The first-order valence-corrected chi connectivity index (χ1v) is 3.45. The van der Waals surface area contributed by atoms with E-state index in [1.165, 1.54) is 12.8 Å². The maximum atomic E-state index is 8.52. The number of aliphatic hydroxyl groups is 1. The highest BCUT2D eigenvalue weighted by atomic mass is 16.3. The molecule has 0 spiro atoms. The summed E-state index contributed by atoms with van der Waals surface area (Å²) in [5.41, 5.74) is 0. The van der Waals surface area contributed by atoms with Gasteiger partial charge in [0.2, 0.25) is 0 Å². The van der Waals surface area contributed by atoms with Crippen molar-refractivity contribution in [2.24, 2.45) is 11.8 Å². The zero-order valence-electron chi connectivity index (χ0n) is 5.43. The van der Waals surface area contributed by atoms with Crippen LogP contribution in [0, 0.1) is 11.8 Å². The average molecular weight is 114 g/mol. The first-order valence-electron chi connectivity index (χ1n) is 3.45. The normalized spacial score (nSPS) is 36.8. The van der Waals surface area contributed by atoms with Crippen molar-refractivity contribution in [3.63, 3.8) is 0 Å². The lowest BCUT2D eigenvalue weighted by Gasteiger charge is -2.33. The summed E-state index contributed by atoms with van der Waals surface area (Å²) >= 11 is 0. The zero-order chi connectivity index (χ0) is 5.98. The van der Waals surface area contributed by atoms with E-state index in [1.807, 2.05) is 0 Å². The molecule has 1 rings (SSSR count). The highest BCUT2D eigenvalue weighted by Gasteiger charge is 2.25. The topological polar surface area (TPSA) is 20.2 Å². The molecule has 8 heavy (non-hydrogen) atoms. The van der Waals surface area contributed by atoms with E-state index in [2.05, 4.69) is 6.92 Å². The summed E-state index contributed by atoms with van der Waals surface area (Å²) in [6, 6.07) is 0. The van der Waals surface area contributed by atoms with Gasteiger partial charge < -0.3 is 5.11 Å². The van der Waals surface area contributed by atoms with Crippen molar-refractivity contribution in [2.75, 3.05) is 6.61 Å². The van der Waals surface area contributed by atoms with Crippen molar-refractivity contribution in [3.05, 3.63) is 0 Å². The monoisotopic (exact) mass is 114 g/mol. The van der Waals surface area contributed by atoms with E-state index in [1.54, 1.807) is 0 Å². The molecule has 2 unspecified atom stereocenters. The molecule has 2 atom stereocenters. The molecule has 1 heteroatoms. The Morgan fingerprint density at radius 1 is 1.50 bits per heavy atom. The summed E-state index contributed by atoms with van der Waals surface area (Å²) in [4.78, 5) is 0. The third-order valence-electron chi connectivity index (χ3n) is 2.30. The van der Waals surface area contributed by atoms with Crippen LogP contribution in [-0.4, -0.2) is 11.7 Å². The molecule has 0 radical (unpaired) electrons. The van der Waals surface area contributed by atoms with Crippen LogP contribution in [0.5, 0.6) is 0 Å². The summed E-state index contributed by atoms with van der Waals surface area (Å²) in [5.74, 6) is 1.74. The third kappa shape index (κ3) is 1.03. The lowest BCUT2D eigenvalue weighted by Crippen LogP contribution is -2.23. The van der Waals surface area contributed by atoms with Crippen LogP contribution in [0.25, 0.3) is 0 Å². The van der Waals surface area contributed by atoms with E-state index in [0.29, 0.717) is 6.61 Å². The lowest BCUT2D eigenvalue weighted by molar-refractivity contribution is 0.144. The van der Waals surface area contributed by atoms with Crippen LogP contribution in [0.2, 0.25) is 0 Å². The zero-order valence-corrected chi connectivity index (χ0v) is 5.43. The van der Waals surface area contributed by atoms with Gasteiger partial charge in [0.05, 0.1) is 0 Å². The highest BCUT2D eigenvalue weighted by Crippen LogP contribution is 2.35. The molecule has 48 valence electrons. The lowest BCUT2D eigenvalue weighted by atomic mass is 9.73. The van der Waals surface area contributed by atoms with Gasteiger partial charge in [-0.15, -0.1) is 0 Å². The minimum Gasteiger partial charge on any atom is -0.396 e. The van der Waals surface area contributed by atoms with Gasteiger partial charge in [0, 0.05) is 6.61 Å². The first kappa shape index (κ1) is 6.09. The Balaban J connectivity index is 2.08. The van der Waals surface area contributed by atoms with Gasteiger partial charge in [-0.05, 0) is 24.7 Å². The van der Waals surface area contributed by atoms with Crippen molar-refractivity contribution < 1.29 is 5.11 Å². The molecule has 1 saturated carbocycles. The van der Waals surface area contributed by atoms with E-state index in [0.717, 1.165) is 18.3 Å². The molecular formula is C7H14O. The van der Waals surface area contributed by atoms with Crippen LogP contribution < -0.4 is 0 Å². The molecule has 0 aliphatic heterocycles. The predicted molar refractivity (Wildman–Crippen MR) is 33.6 cm³/mol. The second-order valence-corrected chi connectivity index (χ2v) is 2.83. The van der Waals surface area contributed by atoms with Gasteiger partial charge in [-0.2, -0.15) is 0 Å². The summed E-state index contributed by atoms with van der Waals surface area (Å²) in [6.07, 6.45) is 3.76. The Morgan fingerprint density at radius 3 is 2.38 bits per heavy atom. The van der Waals surface area contributed by atoms with E-state index >= 15 is 0 Å². The highest BCUT2D eigenvalue weighted by molar-refractivity contribution is 4.76. The molecule has 1 N–H and O–H groups in total. The minimum absolute atomic E-state index is 0.384. The maximum absolute atomic E-state index is 8.52. The Hall–Kier alpha value is -0.0400. The molecule has 0 saturated heterocycles.